The molecule has 3 aromatic rings. The lowest BCUT2D eigenvalue weighted by Gasteiger charge is -2.04. The molecule has 0 bridgehead atoms. The number of hydrogen-bond acceptors (Lipinski definition) is 4. The van der Waals surface area contributed by atoms with Crippen LogP contribution in [0.2, 0.25) is 0 Å². The summed E-state index contributed by atoms with van der Waals surface area (Å²) in [6, 6.07) is 8.01. The van der Waals surface area contributed by atoms with Gasteiger partial charge in [-0.15, -0.1) is 0 Å². The Labute approximate surface area is 109 Å². The molecular weight excluding hydrogens is 246 g/mol. The lowest BCUT2D eigenvalue weighted by atomic mass is 10.2. The fourth-order valence-corrected chi connectivity index (χ4v) is 2.32. The molecule has 2 aromatic heterocycles. The molecule has 18 heavy (non-hydrogen) atoms. The molecule has 0 spiro atoms. The van der Waals surface area contributed by atoms with E-state index >= 15 is 0 Å². The van der Waals surface area contributed by atoms with Crippen LogP contribution in [-0.2, 0) is 0 Å². The number of rotatable bonds is 4. The van der Waals surface area contributed by atoms with Crippen LogP contribution in [0.5, 0.6) is 5.75 Å². The first-order chi connectivity index (χ1) is 8.86. The summed E-state index contributed by atoms with van der Waals surface area (Å²) in [5.74, 6) is 0.903. The average molecular weight is 259 g/mol. The highest BCUT2D eigenvalue weighted by atomic mass is 32.1. The molecule has 1 aromatic carbocycles. The van der Waals surface area contributed by atoms with E-state index in [9.17, 15) is 0 Å². The quantitative estimate of drug-likeness (QED) is 0.722. The van der Waals surface area contributed by atoms with E-state index in [-0.39, 0.29) is 0 Å². The average Bonchev–Trinajstić information content (AvgIpc) is 2.97. The highest BCUT2D eigenvalue weighted by molar-refractivity contribution is 7.14. The molecule has 0 N–H and O–H groups in total. The second-order valence-electron chi connectivity index (χ2n) is 3.96. The van der Waals surface area contributed by atoms with E-state index in [0.29, 0.717) is 0 Å². The maximum atomic E-state index is 5.55. The van der Waals surface area contributed by atoms with Crippen LogP contribution >= 0.6 is 11.3 Å². The highest BCUT2D eigenvalue weighted by Gasteiger charge is 2.05. The van der Waals surface area contributed by atoms with Gasteiger partial charge in [-0.05, 0) is 30.7 Å². The van der Waals surface area contributed by atoms with E-state index in [1.54, 1.807) is 10.0 Å². The first-order valence-corrected chi connectivity index (χ1v) is 6.77. The Bertz CT molecular complexity index is 613. The summed E-state index contributed by atoms with van der Waals surface area (Å²) < 4.78 is 7.35. The van der Waals surface area contributed by atoms with Crippen LogP contribution < -0.4 is 4.74 Å². The molecule has 0 aliphatic rings. The Hall–Kier alpha value is -1.88. The molecule has 0 amide bonds. The van der Waals surface area contributed by atoms with Gasteiger partial charge in [0, 0.05) is 5.56 Å². The largest absolute Gasteiger partial charge is 0.494 e. The van der Waals surface area contributed by atoms with Crippen LogP contribution in [0.4, 0.5) is 0 Å². The fraction of sp³-hybridized carbons (Fsp3) is 0.231. The standard InChI is InChI=1S/C13H13N3OS/c1-2-7-17-11-5-3-10(4-6-11)12-8-16-13(15-12)18-9-14-16/h3-6,8-9H,2,7H2,1H3. The van der Waals surface area contributed by atoms with Crippen LogP contribution in [-0.4, -0.2) is 21.2 Å². The molecule has 0 unspecified atom stereocenters. The Morgan fingerprint density at radius 1 is 1.28 bits per heavy atom. The Morgan fingerprint density at radius 3 is 2.83 bits per heavy atom. The Kier molecular flexibility index (Phi) is 2.98. The predicted molar refractivity (Wildman–Crippen MR) is 72.1 cm³/mol. The number of nitrogens with zero attached hydrogens (tertiary/aromatic N) is 3. The van der Waals surface area contributed by atoms with Crippen molar-refractivity contribution in [3.63, 3.8) is 0 Å². The normalized spacial score (nSPS) is 10.9. The Morgan fingerprint density at radius 2 is 2.11 bits per heavy atom. The molecule has 5 heteroatoms. The second-order valence-corrected chi connectivity index (χ2v) is 4.78. The molecule has 0 aliphatic carbocycles. The van der Waals surface area contributed by atoms with Gasteiger partial charge >= 0.3 is 0 Å². The van der Waals surface area contributed by atoms with Gasteiger partial charge in [0.05, 0.1) is 18.5 Å². The highest BCUT2D eigenvalue weighted by Crippen LogP contribution is 2.23. The smallest absolute Gasteiger partial charge is 0.212 e. The molecule has 4 nitrogen and oxygen atoms in total. The van der Waals surface area contributed by atoms with Crippen LogP contribution in [0.25, 0.3) is 16.2 Å². The molecule has 0 saturated carbocycles. The molecule has 3 rings (SSSR count). The van der Waals surface area contributed by atoms with E-state index < -0.39 is 0 Å². The van der Waals surface area contributed by atoms with Gasteiger partial charge in [-0.3, -0.25) is 0 Å². The molecule has 92 valence electrons. The number of aromatic nitrogens is 3. The number of benzene rings is 1. The summed E-state index contributed by atoms with van der Waals surface area (Å²) in [6.07, 6.45) is 2.96. The minimum absolute atomic E-state index is 0.753. The van der Waals surface area contributed by atoms with Crippen molar-refractivity contribution in [3.05, 3.63) is 36.0 Å². The summed E-state index contributed by atoms with van der Waals surface area (Å²) in [6.45, 7) is 2.85. The first kappa shape index (κ1) is 11.2. The van der Waals surface area contributed by atoms with Crippen LogP contribution in [0, 0.1) is 0 Å². The predicted octanol–water partition coefficient (Wildman–Crippen LogP) is 3.25. The molecule has 0 aliphatic heterocycles. The van der Waals surface area contributed by atoms with Gasteiger partial charge in [0.2, 0.25) is 4.96 Å². The van der Waals surface area contributed by atoms with Crippen molar-refractivity contribution in [2.45, 2.75) is 13.3 Å². The second kappa shape index (κ2) is 4.78. The van der Waals surface area contributed by atoms with Gasteiger partial charge in [-0.1, -0.05) is 18.3 Å². The third-order valence-electron chi connectivity index (χ3n) is 2.61. The van der Waals surface area contributed by atoms with Crippen molar-refractivity contribution < 1.29 is 4.74 Å². The van der Waals surface area contributed by atoms with Gasteiger partial charge in [-0.25, -0.2) is 9.50 Å². The summed E-state index contributed by atoms with van der Waals surface area (Å²) in [7, 11) is 0. The van der Waals surface area contributed by atoms with Gasteiger partial charge in [-0.2, -0.15) is 5.10 Å². The lowest BCUT2D eigenvalue weighted by Crippen LogP contribution is -1.94. The summed E-state index contributed by atoms with van der Waals surface area (Å²) >= 11 is 1.53. The zero-order valence-electron chi connectivity index (χ0n) is 10.0. The summed E-state index contributed by atoms with van der Waals surface area (Å²) in [5.41, 5.74) is 3.81. The van der Waals surface area contributed by atoms with E-state index in [2.05, 4.69) is 17.0 Å². The SMILES string of the molecule is CCCOc1ccc(-c2cn3ncsc3n2)cc1. The van der Waals surface area contributed by atoms with Gasteiger partial charge in [0.15, 0.2) is 0 Å². The van der Waals surface area contributed by atoms with Crippen molar-refractivity contribution in [1.29, 1.82) is 0 Å². The van der Waals surface area contributed by atoms with Crippen molar-refractivity contribution in [1.82, 2.24) is 14.6 Å². The van der Waals surface area contributed by atoms with Gasteiger partial charge < -0.3 is 4.74 Å². The third-order valence-corrected chi connectivity index (χ3v) is 3.30. The number of ether oxygens (including phenoxy) is 1. The van der Waals surface area contributed by atoms with Crippen molar-refractivity contribution in [2.24, 2.45) is 0 Å². The topological polar surface area (TPSA) is 39.4 Å². The summed E-state index contributed by atoms with van der Waals surface area (Å²) in [4.78, 5) is 5.43. The molecule has 0 atom stereocenters. The minimum atomic E-state index is 0.753. The van der Waals surface area contributed by atoms with Crippen LogP contribution in [0.1, 0.15) is 13.3 Å². The molecule has 2 heterocycles. The zero-order chi connectivity index (χ0) is 12.4. The maximum Gasteiger partial charge on any atom is 0.212 e. The van der Waals surface area contributed by atoms with Crippen LogP contribution in [0.3, 0.4) is 0 Å². The van der Waals surface area contributed by atoms with E-state index in [0.717, 1.165) is 35.0 Å². The van der Waals surface area contributed by atoms with E-state index in [1.807, 2.05) is 30.5 Å². The molecular formula is C13H13N3OS. The Balaban J connectivity index is 1.85. The van der Waals surface area contributed by atoms with Crippen LogP contribution in [0.15, 0.2) is 36.0 Å². The summed E-state index contributed by atoms with van der Waals surface area (Å²) in [5, 5.41) is 4.17. The zero-order valence-corrected chi connectivity index (χ0v) is 10.9. The number of fused-ring (bicyclic) bond motifs is 1. The van der Waals surface area contributed by atoms with Gasteiger partial charge in [0.1, 0.15) is 11.3 Å². The van der Waals surface area contributed by atoms with Crippen molar-refractivity contribution in [3.8, 4) is 17.0 Å². The van der Waals surface area contributed by atoms with Gasteiger partial charge in [0.25, 0.3) is 0 Å². The van der Waals surface area contributed by atoms with Crippen molar-refractivity contribution >= 4 is 16.3 Å². The monoisotopic (exact) mass is 259 g/mol. The van der Waals surface area contributed by atoms with Crippen molar-refractivity contribution in [2.75, 3.05) is 6.61 Å². The molecule has 0 saturated heterocycles. The fourth-order valence-electron chi connectivity index (χ4n) is 1.72. The lowest BCUT2D eigenvalue weighted by molar-refractivity contribution is 0.317. The minimum Gasteiger partial charge on any atom is -0.494 e. The molecule has 0 fully saturated rings. The third kappa shape index (κ3) is 2.09. The van der Waals surface area contributed by atoms with E-state index in [1.165, 1.54) is 11.3 Å². The first-order valence-electron chi connectivity index (χ1n) is 5.89. The molecule has 0 radical (unpaired) electrons. The maximum absolute atomic E-state index is 5.55. The number of imidazole rings is 1. The number of hydrogen-bond donors (Lipinski definition) is 0. The van der Waals surface area contributed by atoms with E-state index in [4.69, 9.17) is 4.74 Å².